The molecule has 0 aliphatic heterocycles. The van der Waals surface area contributed by atoms with Crippen LogP contribution in [0.15, 0.2) is 47.2 Å². The Labute approximate surface area is 133 Å². The van der Waals surface area contributed by atoms with Gasteiger partial charge in [-0.3, -0.25) is 4.98 Å². The number of rotatable bonds is 6. The molecule has 1 aromatic heterocycles. The van der Waals surface area contributed by atoms with Gasteiger partial charge in [-0.05, 0) is 64.6 Å². The van der Waals surface area contributed by atoms with Crippen molar-refractivity contribution in [3.63, 3.8) is 0 Å². The molecule has 2 rings (SSSR count). The highest BCUT2D eigenvalue weighted by Gasteiger charge is 2.12. The fourth-order valence-electron chi connectivity index (χ4n) is 2.15. The minimum Gasteiger partial charge on any atom is -0.310 e. The summed E-state index contributed by atoms with van der Waals surface area (Å²) in [7, 11) is 0. The van der Waals surface area contributed by atoms with Crippen molar-refractivity contribution >= 4 is 27.5 Å². The van der Waals surface area contributed by atoms with E-state index in [1.165, 1.54) is 11.1 Å². The van der Waals surface area contributed by atoms with Crippen molar-refractivity contribution in [2.75, 3.05) is 6.54 Å². The molecule has 20 heavy (non-hydrogen) atoms. The molecule has 0 aliphatic carbocycles. The summed E-state index contributed by atoms with van der Waals surface area (Å²) in [5.74, 6) is 0. The number of pyridine rings is 1. The van der Waals surface area contributed by atoms with Gasteiger partial charge in [0.05, 0.1) is 0 Å². The van der Waals surface area contributed by atoms with E-state index >= 15 is 0 Å². The van der Waals surface area contributed by atoms with E-state index in [4.69, 9.17) is 11.6 Å². The molecule has 1 heterocycles. The van der Waals surface area contributed by atoms with Crippen molar-refractivity contribution in [3.05, 3.63) is 63.3 Å². The lowest BCUT2D eigenvalue weighted by atomic mass is 10.00. The van der Waals surface area contributed by atoms with Crippen LogP contribution in [0.25, 0.3) is 0 Å². The van der Waals surface area contributed by atoms with Gasteiger partial charge in [-0.1, -0.05) is 30.7 Å². The molecule has 1 N–H and O–H groups in total. The fraction of sp³-hybridized carbons (Fsp3) is 0.312. The van der Waals surface area contributed by atoms with Crippen molar-refractivity contribution in [1.82, 2.24) is 10.3 Å². The van der Waals surface area contributed by atoms with E-state index in [1.807, 2.05) is 24.4 Å². The van der Waals surface area contributed by atoms with E-state index < -0.39 is 0 Å². The lowest BCUT2D eigenvalue weighted by Crippen LogP contribution is -2.24. The zero-order valence-electron chi connectivity index (χ0n) is 11.4. The zero-order valence-corrected chi connectivity index (χ0v) is 13.8. The molecule has 4 heteroatoms. The Hall–Kier alpha value is -0.900. The minimum atomic E-state index is 0.254. The third kappa shape index (κ3) is 4.58. The summed E-state index contributed by atoms with van der Waals surface area (Å²) in [4.78, 5) is 4.23. The molecular weight excluding hydrogens is 336 g/mol. The van der Waals surface area contributed by atoms with Crippen LogP contribution in [-0.4, -0.2) is 11.5 Å². The predicted octanol–water partition coefficient (Wildman–Crippen LogP) is 4.78. The van der Waals surface area contributed by atoms with Crippen LogP contribution in [0.5, 0.6) is 0 Å². The maximum Gasteiger partial charge on any atom is 0.0410 e. The van der Waals surface area contributed by atoms with Crippen molar-refractivity contribution in [1.29, 1.82) is 0 Å². The molecule has 1 atom stereocenters. The second kappa shape index (κ2) is 7.77. The first-order valence-electron chi connectivity index (χ1n) is 6.77. The molecular formula is C16H18BrClN2. The van der Waals surface area contributed by atoms with Gasteiger partial charge in [0, 0.05) is 27.9 Å². The lowest BCUT2D eigenvalue weighted by molar-refractivity contribution is 0.528. The predicted molar refractivity (Wildman–Crippen MR) is 88.1 cm³/mol. The average molecular weight is 354 g/mol. The topological polar surface area (TPSA) is 24.9 Å². The summed E-state index contributed by atoms with van der Waals surface area (Å²) in [5, 5.41) is 4.36. The Morgan fingerprint density at radius 1 is 1.30 bits per heavy atom. The fourth-order valence-corrected chi connectivity index (χ4v) is 2.76. The van der Waals surface area contributed by atoms with Gasteiger partial charge in [-0.25, -0.2) is 0 Å². The molecule has 106 valence electrons. The molecule has 1 aromatic carbocycles. The molecule has 0 amide bonds. The Morgan fingerprint density at radius 2 is 2.15 bits per heavy atom. The quantitative estimate of drug-likeness (QED) is 0.808. The lowest BCUT2D eigenvalue weighted by Gasteiger charge is -2.19. The smallest absolute Gasteiger partial charge is 0.0410 e. The van der Waals surface area contributed by atoms with E-state index in [0.29, 0.717) is 0 Å². The number of halogens is 2. The van der Waals surface area contributed by atoms with E-state index in [1.54, 1.807) is 6.20 Å². The van der Waals surface area contributed by atoms with Crippen molar-refractivity contribution in [3.8, 4) is 0 Å². The second-order valence-electron chi connectivity index (χ2n) is 4.78. The number of hydrogen-bond acceptors (Lipinski definition) is 2. The third-order valence-electron chi connectivity index (χ3n) is 3.09. The van der Waals surface area contributed by atoms with Crippen molar-refractivity contribution in [2.45, 2.75) is 25.8 Å². The highest BCUT2D eigenvalue weighted by molar-refractivity contribution is 9.10. The largest absolute Gasteiger partial charge is 0.310 e. The van der Waals surface area contributed by atoms with Gasteiger partial charge in [0.15, 0.2) is 0 Å². The number of nitrogens with one attached hydrogen (secondary N) is 1. The van der Waals surface area contributed by atoms with Crippen molar-refractivity contribution in [2.24, 2.45) is 0 Å². The molecule has 0 aliphatic rings. The highest BCUT2D eigenvalue weighted by atomic mass is 79.9. The van der Waals surface area contributed by atoms with Gasteiger partial charge >= 0.3 is 0 Å². The zero-order chi connectivity index (χ0) is 14.4. The van der Waals surface area contributed by atoms with Crippen LogP contribution in [-0.2, 0) is 6.42 Å². The Balaban J connectivity index is 2.19. The van der Waals surface area contributed by atoms with Crippen LogP contribution in [0.4, 0.5) is 0 Å². The average Bonchev–Trinajstić information content (AvgIpc) is 2.43. The normalized spacial score (nSPS) is 12.3. The van der Waals surface area contributed by atoms with E-state index in [-0.39, 0.29) is 6.04 Å². The molecule has 0 fully saturated rings. The number of hydrogen-bond donors (Lipinski definition) is 1. The first-order valence-corrected chi connectivity index (χ1v) is 7.94. The number of nitrogens with zero attached hydrogens (tertiary/aromatic N) is 1. The molecule has 0 spiro atoms. The summed E-state index contributed by atoms with van der Waals surface area (Å²) in [5.41, 5.74) is 2.42. The summed E-state index contributed by atoms with van der Waals surface area (Å²) < 4.78 is 1.01. The molecule has 0 saturated carbocycles. The van der Waals surface area contributed by atoms with Gasteiger partial charge in [0.2, 0.25) is 0 Å². The maximum absolute atomic E-state index is 6.10. The minimum absolute atomic E-state index is 0.254. The molecule has 0 bridgehead atoms. The van der Waals surface area contributed by atoms with Gasteiger partial charge in [0.1, 0.15) is 0 Å². The van der Waals surface area contributed by atoms with E-state index in [2.05, 4.69) is 45.3 Å². The summed E-state index contributed by atoms with van der Waals surface area (Å²) in [6.07, 6.45) is 5.72. The SMILES string of the molecule is CCCNC(Cc1cncc(Br)c1)c1cccc(Cl)c1. The third-order valence-corrected chi connectivity index (χ3v) is 3.76. The molecule has 0 radical (unpaired) electrons. The second-order valence-corrected chi connectivity index (χ2v) is 6.13. The van der Waals surface area contributed by atoms with Crippen LogP contribution in [0.1, 0.15) is 30.5 Å². The highest BCUT2D eigenvalue weighted by Crippen LogP contribution is 2.22. The van der Waals surface area contributed by atoms with Crippen LogP contribution in [0.2, 0.25) is 5.02 Å². The van der Waals surface area contributed by atoms with Gasteiger partial charge in [-0.15, -0.1) is 0 Å². The number of aromatic nitrogens is 1. The Morgan fingerprint density at radius 3 is 2.85 bits per heavy atom. The standard InChI is InChI=1S/C16H18BrClN2/c1-2-6-20-16(13-4-3-5-15(18)9-13)8-12-7-14(17)11-19-10-12/h3-5,7,9-11,16,20H,2,6,8H2,1H3. The Bertz CT molecular complexity index is 560. The maximum atomic E-state index is 6.10. The van der Waals surface area contributed by atoms with Crippen LogP contribution in [0.3, 0.4) is 0 Å². The summed E-state index contributed by atoms with van der Waals surface area (Å²) in [6.45, 7) is 3.15. The summed E-state index contributed by atoms with van der Waals surface area (Å²) >= 11 is 9.57. The molecule has 0 saturated heterocycles. The number of benzene rings is 1. The first kappa shape index (κ1) is 15.5. The van der Waals surface area contributed by atoms with Crippen LogP contribution in [0, 0.1) is 0 Å². The van der Waals surface area contributed by atoms with Gasteiger partial charge in [0.25, 0.3) is 0 Å². The van der Waals surface area contributed by atoms with Crippen molar-refractivity contribution < 1.29 is 0 Å². The van der Waals surface area contributed by atoms with Crippen LogP contribution < -0.4 is 5.32 Å². The first-order chi connectivity index (χ1) is 9.69. The Kier molecular flexibility index (Phi) is 6.02. The molecule has 2 nitrogen and oxygen atoms in total. The van der Waals surface area contributed by atoms with Gasteiger partial charge in [-0.2, -0.15) is 0 Å². The van der Waals surface area contributed by atoms with Gasteiger partial charge < -0.3 is 5.32 Å². The van der Waals surface area contributed by atoms with Crippen LogP contribution >= 0.6 is 27.5 Å². The molecule has 1 unspecified atom stereocenters. The molecule has 2 aromatic rings. The monoisotopic (exact) mass is 352 g/mol. The van der Waals surface area contributed by atoms with E-state index in [9.17, 15) is 0 Å². The van der Waals surface area contributed by atoms with E-state index in [0.717, 1.165) is 28.9 Å². The summed E-state index contributed by atoms with van der Waals surface area (Å²) in [6, 6.07) is 10.4.